The first-order chi connectivity index (χ1) is 12.2. The Balaban J connectivity index is 1.50. The molecule has 8 nitrogen and oxygen atoms in total. The van der Waals surface area contributed by atoms with Crippen molar-refractivity contribution in [3.05, 3.63) is 30.5 Å². The molecule has 2 saturated heterocycles. The van der Waals surface area contributed by atoms with Crippen LogP contribution in [0.5, 0.6) is 0 Å². The minimum absolute atomic E-state index is 0.00973. The number of rotatable bonds is 3. The molecule has 0 amide bonds. The monoisotopic (exact) mass is 338 g/mol. The van der Waals surface area contributed by atoms with Crippen LogP contribution in [0.1, 0.15) is 12.8 Å². The smallest absolute Gasteiger partial charge is 0.222 e. The molecule has 0 radical (unpaired) electrons. The summed E-state index contributed by atoms with van der Waals surface area (Å²) in [5.74, 6) is 0.926. The van der Waals surface area contributed by atoms with Crippen LogP contribution in [0.2, 0.25) is 0 Å². The van der Waals surface area contributed by atoms with Crippen LogP contribution in [0.25, 0.3) is 22.2 Å². The lowest BCUT2D eigenvalue weighted by atomic mass is 9.93. The number of aromatic amines is 1. The molecule has 0 saturated carbocycles. The Labute approximate surface area is 143 Å². The molecule has 8 heteroatoms. The van der Waals surface area contributed by atoms with Crippen LogP contribution in [0, 0.1) is 0 Å². The fourth-order valence-corrected chi connectivity index (χ4v) is 3.80. The van der Waals surface area contributed by atoms with Crippen molar-refractivity contribution in [1.29, 1.82) is 0 Å². The van der Waals surface area contributed by atoms with Gasteiger partial charge in [-0.25, -0.2) is 4.98 Å². The molecular formula is C17H18N6O2. The number of nitrogens with one attached hydrogen (secondary N) is 2. The van der Waals surface area contributed by atoms with E-state index in [2.05, 4.69) is 25.5 Å². The van der Waals surface area contributed by atoms with Crippen LogP contribution >= 0.6 is 0 Å². The summed E-state index contributed by atoms with van der Waals surface area (Å²) < 4.78 is 5.78. The molecular weight excluding hydrogens is 320 g/mol. The van der Waals surface area contributed by atoms with Gasteiger partial charge in [0.2, 0.25) is 5.95 Å². The topological polar surface area (TPSA) is 122 Å². The van der Waals surface area contributed by atoms with E-state index in [4.69, 9.17) is 10.5 Å². The fourth-order valence-electron chi connectivity index (χ4n) is 3.80. The van der Waals surface area contributed by atoms with Crippen molar-refractivity contribution in [2.45, 2.75) is 37.2 Å². The van der Waals surface area contributed by atoms with Gasteiger partial charge in [-0.15, -0.1) is 0 Å². The number of anilines is 2. The molecule has 4 atom stereocenters. The minimum atomic E-state index is -0.354. The lowest BCUT2D eigenvalue weighted by Crippen LogP contribution is -2.36. The van der Waals surface area contributed by atoms with Crippen LogP contribution in [-0.4, -0.2) is 49.6 Å². The standard InChI is InChI=1S/C17H18N6O2/c18-17-21-11-5-8(10-3-4-19-23-10)1-2-9(11)16(22-17)20-12-6-15-13(24)7-14(12)25-15/h1-5,12-15,24H,6-7H2,(H,19,23)(H3,18,20,21,22)/t12-,13-,14+,15+/m1/s1. The highest BCUT2D eigenvalue weighted by molar-refractivity contribution is 5.92. The van der Waals surface area contributed by atoms with E-state index in [1.807, 2.05) is 24.3 Å². The van der Waals surface area contributed by atoms with Gasteiger partial charge in [0.1, 0.15) is 5.82 Å². The number of ether oxygens (including phenoxy) is 1. The zero-order valence-corrected chi connectivity index (χ0v) is 13.4. The average molecular weight is 338 g/mol. The first-order valence-electron chi connectivity index (χ1n) is 8.34. The van der Waals surface area contributed by atoms with E-state index in [0.717, 1.165) is 28.6 Å². The van der Waals surface area contributed by atoms with Crippen LogP contribution in [0.4, 0.5) is 11.8 Å². The van der Waals surface area contributed by atoms with E-state index in [-0.39, 0.29) is 30.3 Å². The lowest BCUT2D eigenvalue weighted by Gasteiger charge is -2.23. The van der Waals surface area contributed by atoms with Crippen molar-refractivity contribution in [1.82, 2.24) is 20.2 Å². The van der Waals surface area contributed by atoms with Gasteiger partial charge >= 0.3 is 0 Å². The Morgan fingerprint density at radius 1 is 1.20 bits per heavy atom. The van der Waals surface area contributed by atoms with Crippen LogP contribution in [-0.2, 0) is 4.74 Å². The van der Waals surface area contributed by atoms with Gasteiger partial charge in [-0.3, -0.25) is 5.10 Å². The summed E-state index contributed by atoms with van der Waals surface area (Å²) in [5, 5.41) is 21.1. The number of aliphatic hydroxyl groups is 1. The Morgan fingerprint density at radius 3 is 2.84 bits per heavy atom. The predicted octanol–water partition coefficient (Wildman–Crippen LogP) is 1.30. The predicted molar refractivity (Wildman–Crippen MR) is 92.8 cm³/mol. The SMILES string of the molecule is Nc1nc(N[C@@H]2C[C@@H]3O[C@H]2C[C@H]3O)c2ccc(-c3ccn[nH]3)cc2n1. The zero-order chi connectivity index (χ0) is 17.0. The molecule has 25 heavy (non-hydrogen) atoms. The molecule has 4 heterocycles. The molecule has 2 fully saturated rings. The summed E-state index contributed by atoms with van der Waals surface area (Å²) in [4.78, 5) is 8.74. The van der Waals surface area contributed by atoms with E-state index in [1.54, 1.807) is 6.20 Å². The van der Waals surface area contributed by atoms with Gasteiger partial charge in [-0.2, -0.15) is 10.1 Å². The molecule has 0 spiro atoms. The van der Waals surface area contributed by atoms with Crippen molar-refractivity contribution in [2.75, 3.05) is 11.1 Å². The van der Waals surface area contributed by atoms with Gasteiger partial charge < -0.3 is 20.9 Å². The molecule has 2 aromatic heterocycles. The van der Waals surface area contributed by atoms with Crippen molar-refractivity contribution >= 4 is 22.7 Å². The van der Waals surface area contributed by atoms with E-state index < -0.39 is 0 Å². The molecule has 0 unspecified atom stereocenters. The Bertz CT molecular complexity index is 926. The van der Waals surface area contributed by atoms with Gasteiger partial charge in [0.15, 0.2) is 0 Å². The maximum absolute atomic E-state index is 9.83. The molecule has 5 N–H and O–H groups in total. The highest BCUT2D eigenvalue weighted by atomic mass is 16.5. The van der Waals surface area contributed by atoms with E-state index >= 15 is 0 Å². The third kappa shape index (κ3) is 2.41. The van der Waals surface area contributed by atoms with E-state index in [1.165, 1.54) is 0 Å². The number of benzene rings is 1. The number of H-pyrrole nitrogens is 1. The second-order valence-corrected chi connectivity index (χ2v) is 6.64. The largest absolute Gasteiger partial charge is 0.390 e. The second-order valence-electron chi connectivity index (χ2n) is 6.64. The van der Waals surface area contributed by atoms with Gasteiger partial charge in [-0.1, -0.05) is 6.07 Å². The summed E-state index contributed by atoms with van der Waals surface area (Å²) in [5.41, 5.74) is 8.59. The minimum Gasteiger partial charge on any atom is -0.390 e. The summed E-state index contributed by atoms with van der Waals surface area (Å²) in [6, 6.07) is 7.98. The third-order valence-corrected chi connectivity index (χ3v) is 5.04. The van der Waals surface area contributed by atoms with Gasteiger partial charge in [-0.05, 0) is 24.6 Å². The fraction of sp³-hybridized carbons (Fsp3) is 0.353. The normalized spacial score (nSPS) is 27.9. The molecule has 1 aromatic carbocycles. The molecule has 0 aliphatic carbocycles. The van der Waals surface area contributed by atoms with E-state index in [9.17, 15) is 5.11 Å². The highest BCUT2D eigenvalue weighted by Crippen LogP contribution is 2.37. The molecule has 2 aliphatic rings. The first kappa shape index (κ1) is 14.6. The molecule has 2 aliphatic heterocycles. The quantitative estimate of drug-likeness (QED) is 0.568. The number of hydrogen-bond donors (Lipinski definition) is 4. The van der Waals surface area contributed by atoms with Crippen LogP contribution in [0.3, 0.4) is 0 Å². The summed E-state index contributed by atoms with van der Waals surface area (Å²) in [6.45, 7) is 0. The van der Waals surface area contributed by atoms with Crippen molar-refractivity contribution < 1.29 is 9.84 Å². The Morgan fingerprint density at radius 2 is 2.12 bits per heavy atom. The summed E-state index contributed by atoms with van der Waals surface area (Å²) in [7, 11) is 0. The van der Waals surface area contributed by atoms with Crippen molar-refractivity contribution in [2.24, 2.45) is 0 Å². The van der Waals surface area contributed by atoms with Crippen LogP contribution in [0.15, 0.2) is 30.5 Å². The van der Waals surface area contributed by atoms with Crippen molar-refractivity contribution in [3.63, 3.8) is 0 Å². The van der Waals surface area contributed by atoms with Crippen molar-refractivity contribution in [3.8, 4) is 11.3 Å². The second kappa shape index (κ2) is 5.40. The first-order valence-corrected chi connectivity index (χ1v) is 8.34. The summed E-state index contributed by atoms with van der Waals surface area (Å²) >= 11 is 0. The third-order valence-electron chi connectivity index (χ3n) is 5.04. The van der Waals surface area contributed by atoms with Gasteiger partial charge in [0.05, 0.1) is 35.6 Å². The molecule has 2 bridgehead atoms. The summed E-state index contributed by atoms with van der Waals surface area (Å²) in [6.07, 6.45) is 2.71. The van der Waals surface area contributed by atoms with Gasteiger partial charge in [0.25, 0.3) is 0 Å². The number of aliphatic hydroxyl groups excluding tert-OH is 1. The van der Waals surface area contributed by atoms with E-state index in [0.29, 0.717) is 12.2 Å². The molecule has 128 valence electrons. The zero-order valence-electron chi connectivity index (χ0n) is 13.4. The number of fused-ring (bicyclic) bond motifs is 3. The molecule has 5 rings (SSSR count). The number of hydrogen-bond acceptors (Lipinski definition) is 7. The lowest BCUT2D eigenvalue weighted by molar-refractivity contribution is 0.0535. The maximum Gasteiger partial charge on any atom is 0.222 e. The Kier molecular flexibility index (Phi) is 3.16. The van der Waals surface area contributed by atoms with Crippen LogP contribution < -0.4 is 11.1 Å². The number of nitrogens with two attached hydrogens (primary N) is 1. The highest BCUT2D eigenvalue weighted by Gasteiger charge is 2.46. The average Bonchev–Trinajstić information content (AvgIpc) is 3.31. The number of nitrogen functional groups attached to an aromatic ring is 1. The molecule has 3 aromatic rings. The van der Waals surface area contributed by atoms with Gasteiger partial charge in [0, 0.05) is 23.6 Å². The Hall–Kier alpha value is -2.71. The maximum atomic E-state index is 9.83. The number of aromatic nitrogens is 4. The number of nitrogens with zero attached hydrogens (tertiary/aromatic N) is 3.